The van der Waals surface area contributed by atoms with Crippen molar-refractivity contribution in [2.75, 3.05) is 40.4 Å². The SMILES string of the molecule is CCn1cc(C(=O)[N+]2(C3CCNCC3)CCCCC2)c2cc(OC)c(OC)cc2c1=O. The van der Waals surface area contributed by atoms with Crippen LogP contribution in [0.3, 0.4) is 0 Å². The first-order chi connectivity index (χ1) is 15.1. The minimum atomic E-state index is -0.109. The van der Waals surface area contributed by atoms with Crippen LogP contribution in [-0.2, 0) is 6.54 Å². The number of rotatable bonds is 5. The lowest BCUT2D eigenvalue weighted by Crippen LogP contribution is -2.63. The fraction of sp³-hybridized carbons (Fsp3) is 0.583. The van der Waals surface area contributed by atoms with Gasteiger partial charge < -0.3 is 19.4 Å². The largest absolute Gasteiger partial charge is 0.493 e. The summed E-state index contributed by atoms with van der Waals surface area (Å²) in [5.74, 6) is 1.18. The van der Waals surface area contributed by atoms with Crippen molar-refractivity contribution in [3.8, 4) is 11.5 Å². The summed E-state index contributed by atoms with van der Waals surface area (Å²) in [6.45, 7) is 6.11. The molecule has 0 atom stereocenters. The minimum absolute atomic E-state index is 0.109. The van der Waals surface area contributed by atoms with Gasteiger partial charge in [0.05, 0.1) is 38.7 Å². The highest BCUT2D eigenvalue weighted by atomic mass is 16.5. The molecule has 7 nitrogen and oxygen atoms in total. The van der Waals surface area contributed by atoms with Crippen LogP contribution in [0.2, 0.25) is 0 Å². The van der Waals surface area contributed by atoms with E-state index in [1.807, 2.05) is 6.92 Å². The first-order valence-electron chi connectivity index (χ1n) is 11.5. The topological polar surface area (TPSA) is 69.6 Å². The van der Waals surface area contributed by atoms with E-state index in [2.05, 4.69) is 5.32 Å². The van der Waals surface area contributed by atoms with Gasteiger partial charge >= 0.3 is 5.91 Å². The average molecular weight is 429 g/mol. The summed E-state index contributed by atoms with van der Waals surface area (Å²) in [6.07, 6.45) is 7.10. The number of carbonyl (C=O) groups excluding carboxylic acids is 1. The number of carbonyl (C=O) groups is 1. The molecule has 3 heterocycles. The monoisotopic (exact) mass is 428 g/mol. The molecule has 4 rings (SSSR count). The Balaban J connectivity index is 1.93. The standard InChI is InChI=1S/C24H34N3O4/c1-4-26-16-20(18-14-21(30-2)22(31-3)15-19(18)23(26)28)24(29)27(12-6-5-7-13-27)17-8-10-25-11-9-17/h14-17,25H,4-13H2,1-3H3/q+1. The molecule has 1 aromatic heterocycles. The highest BCUT2D eigenvalue weighted by molar-refractivity contribution is 6.04. The van der Waals surface area contributed by atoms with E-state index in [4.69, 9.17) is 9.47 Å². The van der Waals surface area contributed by atoms with Crippen molar-refractivity contribution in [2.24, 2.45) is 0 Å². The molecule has 168 valence electrons. The van der Waals surface area contributed by atoms with Crippen molar-refractivity contribution in [2.45, 2.75) is 51.6 Å². The number of nitrogens with one attached hydrogen (secondary N) is 1. The average Bonchev–Trinajstić information content (AvgIpc) is 2.84. The molecule has 0 bridgehead atoms. The van der Waals surface area contributed by atoms with Gasteiger partial charge in [-0.25, -0.2) is 4.79 Å². The number of benzene rings is 1. The summed E-state index contributed by atoms with van der Waals surface area (Å²) in [7, 11) is 3.13. The van der Waals surface area contributed by atoms with Gasteiger partial charge in [-0.1, -0.05) is 0 Å². The van der Waals surface area contributed by atoms with Gasteiger partial charge in [0.1, 0.15) is 5.56 Å². The van der Waals surface area contributed by atoms with E-state index in [1.165, 1.54) is 6.42 Å². The van der Waals surface area contributed by atoms with E-state index in [-0.39, 0.29) is 11.5 Å². The Kier molecular flexibility index (Phi) is 6.34. The van der Waals surface area contributed by atoms with E-state index in [0.29, 0.717) is 44.9 Å². The van der Waals surface area contributed by atoms with Crippen LogP contribution in [0.5, 0.6) is 11.5 Å². The maximum atomic E-state index is 14.3. The van der Waals surface area contributed by atoms with Crippen LogP contribution in [0.4, 0.5) is 0 Å². The minimum Gasteiger partial charge on any atom is -0.493 e. The number of aromatic nitrogens is 1. The predicted molar refractivity (Wildman–Crippen MR) is 121 cm³/mol. The lowest BCUT2D eigenvalue weighted by Gasteiger charge is -2.46. The second-order valence-electron chi connectivity index (χ2n) is 8.72. The molecule has 0 aliphatic carbocycles. The molecular formula is C24H34N3O4+. The van der Waals surface area contributed by atoms with Gasteiger partial charge in [0.25, 0.3) is 5.56 Å². The number of pyridine rings is 1. The number of nitrogens with zero attached hydrogens (tertiary/aromatic N) is 2. The number of ether oxygens (including phenoxy) is 2. The zero-order valence-electron chi connectivity index (χ0n) is 18.9. The molecule has 0 radical (unpaired) electrons. The molecule has 1 amide bonds. The number of likely N-dealkylation sites (tertiary alicyclic amines) is 1. The molecule has 7 heteroatoms. The van der Waals surface area contributed by atoms with Crippen LogP contribution in [0.25, 0.3) is 10.8 Å². The number of hydrogen-bond acceptors (Lipinski definition) is 5. The van der Waals surface area contributed by atoms with Crippen molar-refractivity contribution in [1.82, 2.24) is 9.88 Å². The van der Waals surface area contributed by atoms with Crippen LogP contribution in [-0.4, -0.2) is 61.4 Å². The number of hydrogen-bond donors (Lipinski definition) is 1. The summed E-state index contributed by atoms with van der Waals surface area (Å²) in [4.78, 5) is 27.4. The Morgan fingerprint density at radius 1 is 1.06 bits per heavy atom. The number of aryl methyl sites for hydroxylation is 1. The summed E-state index contributed by atoms with van der Waals surface area (Å²) >= 11 is 0. The highest BCUT2D eigenvalue weighted by Gasteiger charge is 2.46. The molecular weight excluding hydrogens is 394 g/mol. The Labute approximate surface area is 183 Å². The lowest BCUT2D eigenvalue weighted by molar-refractivity contribution is -0.880. The fourth-order valence-corrected chi connectivity index (χ4v) is 5.47. The molecule has 2 aliphatic heterocycles. The summed E-state index contributed by atoms with van der Waals surface area (Å²) in [5, 5.41) is 4.60. The predicted octanol–water partition coefficient (Wildman–Crippen LogP) is 2.93. The van der Waals surface area contributed by atoms with Gasteiger partial charge in [0.2, 0.25) is 0 Å². The van der Waals surface area contributed by atoms with Crippen LogP contribution in [0.1, 0.15) is 49.4 Å². The van der Waals surface area contributed by atoms with Gasteiger partial charge in [-0.15, -0.1) is 0 Å². The molecule has 2 aliphatic rings. The highest BCUT2D eigenvalue weighted by Crippen LogP contribution is 2.36. The molecule has 2 aromatic rings. The second kappa shape index (κ2) is 9.01. The van der Waals surface area contributed by atoms with Crippen molar-refractivity contribution in [1.29, 1.82) is 0 Å². The van der Waals surface area contributed by atoms with Crippen molar-refractivity contribution >= 4 is 16.7 Å². The van der Waals surface area contributed by atoms with E-state index in [1.54, 1.807) is 37.1 Å². The van der Waals surface area contributed by atoms with E-state index in [0.717, 1.165) is 51.9 Å². The summed E-state index contributed by atoms with van der Waals surface area (Å²) in [5.41, 5.74) is 0.514. The first-order valence-corrected chi connectivity index (χ1v) is 11.5. The molecule has 0 unspecified atom stereocenters. The summed E-state index contributed by atoms with van der Waals surface area (Å²) < 4.78 is 13.1. The van der Waals surface area contributed by atoms with Crippen molar-refractivity contribution in [3.63, 3.8) is 0 Å². The molecule has 0 saturated carbocycles. The van der Waals surface area contributed by atoms with Crippen LogP contribution in [0.15, 0.2) is 23.1 Å². The number of quaternary nitrogens is 1. The number of methoxy groups -OCH3 is 2. The van der Waals surface area contributed by atoms with E-state index >= 15 is 0 Å². The maximum Gasteiger partial charge on any atom is 0.348 e. The molecule has 0 spiro atoms. The van der Waals surface area contributed by atoms with E-state index in [9.17, 15) is 9.59 Å². The Hall–Kier alpha value is -2.38. The third-order valence-electron chi connectivity index (χ3n) is 7.19. The second-order valence-corrected chi connectivity index (χ2v) is 8.72. The molecule has 31 heavy (non-hydrogen) atoms. The molecule has 1 aromatic carbocycles. The van der Waals surface area contributed by atoms with Crippen LogP contribution in [0, 0.1) is 0 Å². The van der Waals surface area contributed by atoms with Gasteiger partial charge in [0, 0.05) is 44.1 Å². The van der Waals surface area contributed by atoms with Gasteiger partial charge in [-0.3, -0.25) is 9.28 Å². The molecule has 1 N–H and O–H groups in total. The molecule has 2 saturated heterocycles. The zero-order chi connectivity index (χ0) is 22.0. The summed E-state index contributed by atoms with van der Waals surface area (Å²) in [6, 6.07) is 3.84. The Bertz CT molecular complexity index is 1020. The quantitative estimate of drug-likeness (QED) is 0.742. The molecule has 2 fully saturated rings. The maximum absolute atomic E-state index is 14.3. The van der Waals surface area contributed by atoms with Gasteiger partial charge in [0.15, 0.2) is 11.5 Å². The number of amides is 1. The van der Waals surface area contributed by atoms with Gasteiger partial charge in [-0.2, -0.15) is 0 Å². The van der Waals surface area contributed by atoms with Crippen LogP contribution >= 0.6 is 0 Å². The third kappa shape index (κ3) is 3.74. The third-order valence-corrected chi connectivity index (χ3v) is 7.19. The van der Waals surface area contributed by atoms with Crippen molar-refractivity contribution in [3.05, 3.63) is 34.2 Å². The normalized spacial score (nSPS) is 19.3. The van der Waals surface area contributed by atoms with Crippen LogP contribution < -0.4 is 20.3 Å². The zero-order valence-corrected chi connectivity index (χ0v) is 18.9. The Morgan fingerprint density at radius 3 is 2.26 bits per heavy atom. The number of fused-ring (bicyclic) bond motifs is 1. The van der Waals surface area contributed by atoms with Crippen molar-refractivity contribution < 1.29 is 18.8 Å². The fourth-order valence-electron chi connectivity index (χ4n) is 5.47. The number of piperidine rings is 2. The lowest BCUT2D eigenvalue weighted by atomic mass is 9.93. The van der Waals surface area contributed by atoms with Gasteiger partial charge in [-0.05, 0) is 38.3 Å². The van der Waals surface area contributed by atoms with E-state index < -0.39 is 0 Å². The smallest absolute Gasteiger partial charge is 0.348 e. The Morgan fingerprint density at radius 2 is 1.68 bits per heavy atom. The first kappa shape index (κ1) is 21.8.